The quantitative estimate of drug-likeness (QED) is 0.304. The number of ether oxygens (including phenoxy) is 4. The van der Waals surface area contributed by atoms with Crippen molar-refractivity contribution in [2.75, 3.05) is 20.5 Å². The van der Waals surface area contributed by atoms with Gasteiger partial charge < -0.3 is 28.8 Å². The number of carboxylic acids is 1. The van der Waals surface area contributed by atoms with Gasteiger partial charge in [-0.3, -0.25) is 0 Å². The maximum Gasteiger partial charge on any atom is 0.231 e. The van der Waals surface area contributed by atoms with Crippen molar-refractivity contribution in [1.29, 1.82) is 0 Å². The fourth-order valence-corrected chi connectivity index (χ4v) is 5.92. The zero-order chi connectivity index (χ0) is 26.9. The largest absolute Gasteiger partial charge is 0.550 e. The fraction of sp³-hybridized carbons (Fsp3) is 0.242. The molecule has 198 valence electrons. The molecule has 0 spiro atoms. The number of carbonyl (C=O) groups excluding carboxylic acids is 1. The second-order valence-corrected chi connectivity index (χ2v) is 9.87. The third-order valence-corrected chi connectivity index (χ3v) is 7.63. The van der Waals surface area contributed by atoms with E-state index in [1.165, 1.54) is 0 Å². The second kappa shape index (κ2) is 10.4. The Hall–Kier alpha value is -4.45. The second-order valence-electron chi connectivity index (χ2n) is 9.87. The summed E-state index contributed by atoms with van der Waals surface area (Å²) in [6, 6.07) is 27.4. The molecule has 6 nitrogen and oxygen atoms in total. The molecule has 3 atom stereocenters. The van der Waals surface area contributed by atoms with E-state index in [4.69, 9.17) is 18.9 Å². The van der Waals surface area contributed by atoms with Crippen LogP contribution in [-0.2, 0) is 4.79 Å². The summed E-state index contributed by atoms with van der Waals surface area (Å²) >= 11 is 0. The van der Waals surface area contributed by atoms with E-state index < -0.39 is 23.7 Å². The van der Waals surface area contributed by atoms with Crippen molar-refractivity contribution in [3.63, 3.8) is 0 Å². The maximum absolute atomic E-state index is 13.1. The lowest BCUT2D eigenvalue weighted by molar-refractivity contribution is -0.312. The molecule has 0 N–H and O–H groups in total. The van der Waals surface area contributed by atoms with Gasteiger partial charge in [0, 0.05) is 23.7 Å². The predicted octanol–water partition coefficient (Wildman–Crippen LogP) is 5.52. The first-order valence-electron chi connectivity index (χ1n) is 13.2. The summed E-state index contributed by atoms with van der Waals surface area (Å²) in [5.74, 6) is -0.202. The van der Waals surface area contributed by atoms with Gasteiger partial charge in [-0.05, 0) is 76.2 Å². The summed E-state index contributed by atoms with van der Waals surface area (Å²) in [4.78, 5) is 13.1. The molecule has 0 saturated carbocycles. The third kappa shape index (κ3) is 4.46. The minimum atomic E-state index is -1.11. The van der Waals surface area contributed by atoms with Crippen LogP contribution in [0.1, 0.15) is 47.4 Å². The molecule has 1 aliphatic carbocycles. The van der Waals surface area contributed by atoms with Crippen molar-refractivity contribution < 1.29 is 28.8 Å². The van der Waals surface area contributed by atoms with Gasteiger partial charge in [-0.2, -0.15) is 0 Å². The summed E-state index contributed by atoms with van der Waals surface area (Å²) in [5, 5.41) is 13.1. The SMILES string of the molecule is CCCOc1ccc2c(c1)C(c1ccc(OC)cc1-c1ccccc1)C(C(=O)[O-])C2c1ccc2c(c1)OCO2. The lowest BCUT2D eigenvalue weighted by Crippen LogP contribution is -2.36. The van der Waals surface area contributed by atoms with Gasteiger partial charge in [0.2, 0.25) is 6.79 Å². The third-order valence-electron chi connectivity index (χ3n) is 7.63. The number of methoxy groups -OCH3 is 1. The Morgan fingerprint density at radius 1 is 0.846 bits per heavy atom. The molecule has 0 aromatic heterocycles. The number of hydrogen-bond acceptors (Lipinski definition) is 6. The molecule has 0 saturated heterocycles. The minimum Gasteiger partial charge on any atom is -0.550 e. The average molecular weight is 522 g/mol. The highest BCUT2D eigenvalue weighted by atomic mass is 16.7. The molecule has 6 rings (SSSR count). The predicted molar refractivity (Wildman–Crippen MR) is 145 cm³/mol. The lowest BCUT2D eigenvalue weighted by Gasteiger charge is -2.29. The Balaban J connectivity index is 1.57. The Kier molecular flexibility index (Phi) is 6.61. The van der Waals surface area contributed by atoms with Crippen molar-refractivity contribution >= 4 is 5.97 Å². The highest BCUT2D eigenvalue weighted by Crippen LogP contribution is 2.55. The van der Waals surface area contributed by atoms with Gasteiger partial charge in [0.1, 0.15) is 11.5 Å². The summed E-state index contributed by atoms with van der Waals surface area (Å²) in [6.07, 6.45) is 0.874. The summed E-state index contributed by atoms with van der Waals surface area (Å²) < 4.78 is 22.7. The smallest absolute Gasteiger partial charge is 0.231 e. The topological polar surface area (TPSA) is 77.1 Å². The minimum absolute atomic E-state index is 0.150. The zero-order valence-corrected chi connectivity index (χ0v) is 21.9. The Labute approximate surface area is 227 Å². The highest BCUT2D eigenvalue weighted by molar-refractivity contribution is 5.79. The molecular formula is C33H29O6-. The molecule has 4 aromatic carbocycles. The van der Waals surface area contributed by atoms with Gasteiger partial charge in [0.25, 0.3) is 0 Å². The molecule has 0 amide bonds. The summed E-state index contributed by atoms with van der Waals surface area (Å²) in [6.45, 7) is 2.79. The fourth-order valence-electron chi connectivity index (χ4n) is 5.92. The van der Waals surface area contributed by atoms with Crippen LogP contribution in [0.25, 0.3) is 11.1 Å². The van der Waals surface area contributed by atoms with E-state index in [0.29, 0.717) is 23.9 Å². The molecule has 39 heavy (non-hydrogen) atoms. The molecule has 1 aliphatic heterocycles. The van der Waals surface area contributed by atoms with E-state index in [2.05, 4.69) is 6.92 Å². The van der Waals surface area contributed by atoms with Gasteiger partial charge in [-0.1, -0.05) is 55.5 Å². The molecule has 0 radical (unpaired) electrons. The number of rotatable bonds is 8. The molecule has 0 bridgehead atoms. The van der Waals surface area contributed by atoms with Crippen molar-refractivity contribution in [2.45, 2.75) is 25.2 Å². The van der Waals surface area contributed by atoms with E-state index in [0.717, 1.165) is 45.6 Å². The van der Waals surface area contributed by atoms with Crippen LogP contribution in [0, 0.1) is 5.92 Å². The average Bonchev–Trinajstić information content (AvgIpc) is 3.58. The molecular weight excluding hydrogens is 492 g/mol. The standard InChI is InChI=1S/C33H30O6/c1-3-15-37-23-11-13-25-27(18-23)31(24-12-10-22(36-2)17-26(24)20-7-5-4-6-8-20)32(33(34)35)30(25)21-9-14-28-29(16-21)39-19-38-28/h4-14,16-18,30-32H,3,15,19H2,1-2H3,(H,34,35)/p-1. The van der Waals surface area contributed by atoms with E-state index in [1.54, 1.807) is 7.11 Å². The molecule has 0 fully saturated rings. The first kappa shape index (κ1) is 24.9. The van der Waals surface area contributed by atoms with Crippen LogP contribution < -0.4 is 24.1 Å². The zero-order valence-electron chi connectivity index (χ0n) is 21.9. The highest BCUT2D eigenvalue weighted by Gasteiger charge is 2.44. The van der Waals surface area contributed by atoms with Crippen LogP contribution in [0.4, 0.5) is 0 Å². The Morgan fingerprint density at radius 3 is 2.38 bits per heavy atom. The molecule has 1 heterocycles. The van der Waals surface area contributed by atoms with E-state index in [9.17, 15) is 9.90 Å². The van der Waals surface area contributed by atoms with Gasteiger partial charge in [-0.25, -0.2) is 0 Å². The normalized spacial score (nSPS) is 19.0. The molecule has 6 heteroatoms. The van der Waals surface area contributed by atoms with E-state index >= 15 is 0 Å². The Bertz CT molecular complexity index is 1510. The van der Waals surface area contributed by atoms with Crippen LogP contribution in [0.15, 0.2) is 84.9 Å². The molecule has 3 unspecified atom stereocenters. The number of carboxylic acid groups (broad SMARTS) is 1. The van der Waals surface area contributed by atoms with Gasteiger partial charge >= 0.3 is 0 Å². The summed E-state index contributed by atoms with van der Waals surface area (Å²) in [5.41, 5.74) is 5.50. The molecule has 4 aromatic rings. The number of benzene rings is 4. The van der Waals surface area contributed by atoms with Gasteiger partial charge in [0.15, 0.2) is 11.5 Å². The van der Waals surface area contributed by atoms with Gasteiger partial charge in [-0.15, -0.1) is 0 Å². The van der Waals surface area contributed by atoms with Crippen LogP contribution in [0.5, 0.6) is 23.0 Å². The van der Waals surface area contributed by atoms with Crippen LogP contribution in [0.3, 0.4) is 0 Å². The number of fused-ring (bicyclic) bond motifs is 2. The Morgan fingerprint density at radius 2 is 1.62 bits per heavy atom. The van der Waals surface area contributed by atoms with Crippen LogP contribution in [0.2, 0.25) is 0 Å². The van der Waals surface area contributed by atoms with Crippen molar-refractivity contribution in [3.8, 4) is 34.1 Å². The number of aliphatic carboxylic acids is 1. The van der Waals surface area contributed by atoms with Crippen molar-refractivity contribution in [1.82, 2.24) is 0 Å². The molecule has 2 aliphatic rings. The summed E-state index contributed by atoms with van der Waals surface area (Å²) in [7, 11) is 1.63. The van der Waals surface area contributed by atoms with Crippen molar-refractivity contribution in [2.24, 2.45) is 5.92 Å². The maximum atomic E-state index is 13.1. The van der Waals surface area contributed by atoms with Crippen molar-refractivity contribution in [3.05, 3.63) is 107 Å². The first-order chi connectivity index (χ1) is 19.1. The monoisotopic (exact) mass is 521 g/mol. The van der Waals surface area contributed by atoms with E-state index in [-0.39, 0.29) is 6.79 Å². The lowest BCUT2D eigenvalue weighted by atomic mass is 9.77. The van der Waals surface area contributed by atoms with Gasteiger partial charge in [0.05, 0.1) is 13.7 Å². The first-order valence-corrected chi connectivity index (χ1v) is 13.2. The van der Waals surface area contributed by atoms with Crippen LogP contribution in [-0.4, -0.2) is 26.5 Å². The number of carbonyl (C=O) groups is 1. The van der Waals surface area contributed by atoms with E-state index in [1.807, 2.05) is 84.9 Å². The number of hydrogen-bond donors (Lipinski definition) is 0. The van der Waals surface area contributed by atoms with Crippen LogP contribution >= 0.6 is 0 Å².